The molecule has 2 nitrogen and oxygen atoms in total. The number of rotatable bonds is 2. The third kappa shape index (κ3) is 1.44. The summed E-state index contributed by atoms with van der Waals surface area (Å²) >= 11 is 2.32. The van der Waals surface area contributed by atoms with E-state index in [1.807, 2.05) is 12.4 Å². The Morgan fingerprint density at radius 1 is 1.78 bits per heavy atom. The van der Waals surface area contributed by atoms with Crippen molar-refractivity contribution in [3.8, 4) is 0 Å². The first kappa shape index (κ1) is 7.05. The van der Waals surface area contributed by atoms with Crippen LogP contribution in [0.2, 0.25) is 0 Å². The van der Waals surface area contributed by atoms with Crippen LogP contribution in [0.25, 0.3) is 0 Å². The molecular weight excluding hydrogens is 227 g/mol. The molecule has 0 atom stereocenters. The van der Waals surface area contributed by atoms with Gasteiger partial charge in [0.1, 0.15) is 5.82 Å². The third-order valence-corrected chi connectivity index (χ3v) is 1.94. The lowest BCUT2D eigenvalue weighted by molar-refractivity contribution is 0.728. The van der Waals surface area contributed by atoms with Gasteiger partial charge in [-0.05, 0) is 6.92 Å². The highest BCUT2D eigenvalue weighted by atomic mass is 127. The van der Waals surface area contributed by atoms with Crippen LogP contribution < -0.4 is 0 Å². The van der Waals surface area contributed by atoms with Gasteiger partial charge in [-0.3, -0.25) is 0 Å². The fraction of sp³-hybridized carbons (Fsp3) is 0.500. The molecule has 0 aliphatic carbocycles. The van der Waals surface area contributed by atoms with Gasteiger partial charge in [-0.2, -0.15) is 0 Å². The zero-order valence-corrected chi connectivity index (χ0v) is 7.50. The molecule has 9 heavy (non-hydrogen) atoms. The zero-order valence-electron chi connectivity index (χ0n) is 5.34. The van der Waals surface area contributed by atoms with Crippen LogP contribution in [0.5, 0.6) is 0 Å². The van der Waals surface area contributed by atoms with Crippen molar-refractivity contribution in [3.05, 3.63) is 18.2 Å². The van der Waals surface area contributed by atoms with Crippen molar-refractivity contribution in [1.82, 2.24) is 9.55 Å². The number of alkyl halides is 1. The van der Waals surface area contributed by atoms with Crippen molar-refractivity contribution in [2.24, 2.45) is 0 Å². The van der Waals surface area contributed by atoms with E-state index in [2.05, 4.69) is 39.1 Å². The summed E-state index contributed by atoms with van der Waals surface area (Å²) < 4.78 is 3.14. The van der Waals surface area contributed by atoms with E-state index in [9.17, 15) is 0 Å². The van der Waals surface area contributed by atoms with Crippen LogP contribution in [0.3, 0.4) is 0 Å². The Hall–Kier alpha value is -0.0600. The van der Waals surface area contributed by atoms with E-state index < -0.39 is 0 Å². The minimum Gasteiger partial charge on any atom is -0.335 e. The molecule has 0 spiro atoms. The first-order chi connectivity index (χ1) is 4.38. The minimum atomic E-state index is 0.999. The summed E-state index contributed by atoms with van der Waals surface area (Å²) in [4.78, 5) is 4.16. The first-order valence-corrected chi connectivity index (χ1v) is 4.47. The number of imidazole rings is 1. The Morgan fingerprint density at radius 2 is 2.56 bits per heavy atom. The molecule has 0 amide bonds. The fourth-order valence-electron chi connectivity index (χ4n) is 0.759. The summed E-state index contributed by atoms with van der Waals surface area (Å²) in [7, 11) is 0. The molecule has 0 saturated carbocycles. The molecule has 0 aromatic carbocycles. The van der Waals surface area contributed by atoms with Crippen LogP contribution in [0.15, 0.2) is 12.4 Å². The van der Waals surface area contributed by atoms with Crippen molar-refractivity contribution in [3.63, 3.8) is 0 Å². The maximum Gasteiger partial charge on any atom is 0.118 e. The summed E-state index contributed by atoms with van der Waals surface area (Å²) in [6, 6.07) is 0. The number of aromatic nitrogens is 2. The highest BCUT2D eigenvalue weighted by molar-refractivity contribution is 14.1. The van der Waals surface area contributed by atoms with Gasteiger partial charge in [0.15, 0.2) is 0 Å². The topological polar surface area (TPSA) is 17.8 Å². The van der Waals surface area contributed by atoms with E-state index in [0.717, 1.165) is 16.8 Å². The molecular formula is C6H9IN2. The van der Waals surface area contributed by atoms with E-state index >= 15 is 0 Å². The van der Waals surface area contributed by atoms with E-state index in [1.54, 1.807) is 0 Å². The van der Waals surface area contributed by atoms with Gasteiger partial charge in [0.2, 0.25) is 0 Å². The molecule has 0 fully saturated rings. The van der Waals surface area contributed by atoms with Gasteiger partial charge in [0.05, 0.1) is 4.43 Å². The average molecular weight is 236 g/mol. The van der Waals surface area contributed by atoms with Gasteiger partial charge in [-0.25, -0.2) is 4.98 Å². The lowest BCUT2D eigenvalue weighted by Crippen LogP contribution is -1.96. The molecule has 1 aromatic heterocycles. The summed E-state index contributed by atoms with van der Waals surface area (Å²) in [5.74, 6) is 1.16. The molecule has 0 saturated heterocycles. The second-order valence-electron chi connectivity index (χ2n) is 1.76. The highest BCUT2D eigenvalue weighted by Crippen LogP contribution is 2.02. The molecule has 50 valence electrons. The van der Waals surface area contributed by atoms with Gasteiger partial charge in [0.25, 0.3) is 0 Å². The largest absolute Gasteiger partial charge is 0.335 e. The molecule has 0 bridgehead atoms. The summed E-state index contributed by atoms with van der Waals surface area (Å²) in [5, 5.41) is 0. The number of hydrogen-bond acceptors (Lipinski definition) is 1. The monoisotopic (exact) mass is 236 g/mol. The molecule has 0 N–H and O–H groups in total. The van der Waals surface area contributed by atoms with E-state index in [4.69, 9.17) is 0 Å². The second kappa shape index (κ2) is 3.20. The number of halogens is 1. The summed E-state index contributed by atoms with van der Waals surface area (Å²) in [6.45, 7) is 3.15. The quantitative estimate of drug-likeness (QED) is 0.565. The van der Waals surface area contributed by atoms with Crippen LogP contribution >= 0.6 is 22.6 Å². The van der Waals surface area contributed by atoms with Crippen LogP contribution in [-0.4, -0.2) is 9.55 Å². The Morgan fingerprint density at radius 3 is 3.00 bits per heavy atom. The molecule has 0 aliphatic heterocycles. The van der Waals surface area contributed by atoms with Crippen LogP contribution in [0.1, 0.15) is 12.7 Å². The van der Waals surface area contributed by atoms with Gasteiger partial charge in [0, 0.05) is 18.9 Å². The number of nitrogens with zero attached hydrogens (tertiary/aromatic N) is 2. The zero-order chi connectivity index (χ0) is 6.69. The third-order valence-electron chi connectivity index (χ3n) is 1.26. The van der Waals surface area contributed by atoms with Crippen molar-refractivity contribution in [1.29, 1.82) is 0 Å². The Kier molecular flexibility index (Phi) is 2.50. The molecule has 0 aliphatic rings. The lowest BCUT2D eigenvalue weighted by Gasteiger charge is -1.98. The molecule has 3 heteroatoms. The van der Waals surface area contributed by atoms with Gasteiger partial charge in [-0.1, -0.05) is 22.6 Å². The SMILES string of the molecule is CCn1ccnc1CI. The Labute approximate surface area is 68.4 Å². The van der Waals surface area contributed by atoms with Gasteiger partial charge < -0.3 is 4.57 Å². The van der Waals surface area contributed by atoms with Crippen LogP contribution in [0.4, 0.5) is 0 Å². The summed E-state index contributed by atoms with van der Waals surface area (Å²) in [6.07, 6.45) is 3.85. The Bertz CT molecular complexity index is 164. The van der Waals surface area contributed by atoms with Gasteiger partial charge >= 0.3 is 0 Å². The maximum atomic E-state index is 4.16. The fourth-order valence-corrected chi connectivity index (χ4v) is 1.39. The molecule has 0 unspecified atom stereocenters. The molecule has 1 rings (SSSR count). The normalized spacial score (nSPS) is 10.0. The van der Waals surface area contributed by atoms with E-state index in [-0.39, 0.29) is 0 Å². The van der Waals surface area contributed by atoms with Crippen molar-refractivity contribution < 1.29 is 0 Å². The van der Waals surface area contributed by atoms with E-state index in [0.29, 0.717) is 0 Å². The Balaban J connectivity index is 2.85. The van der Waals surface area contributed by atoms with E-state index in [1.165, 1.54) is 0 Å². The molecule has 1 heterocycles. The predicted molar refractivity (Wildman–Crippen MR) is 45.6 cm³/mol. The standard InChI is InChI=1S/C6H9IN2/c1-2-9-4-3-8-6(9)5-7/h3-4H,2,5H2,1H3. The number of hydrogen-bond donors (Lipinski definition) is 0. The summed E-state index contributed by atoms with van der Waals surface area (Å²) in [5.41, 5.74) is 0. The van der Waals surface area contributed by atoms with Crippen molar-refractivity contribution in [2.45, 2.75) is 17.9 Å². The lowest BCUT2D eigenvalue weighted by atomic mass is 10.6. The maximum absolute atomic E-state index is 4.16. The number of aryl methyl sites for hydroxylation is 1. The first-order valence-electron chi connectivity index (χ1n) is 2.94. The average Bonchev–Trinajstić information content (AvgIpc) is 2.33. The van der Waals surface area contributed by atoms with Crippen molar-refractivity contribution in [2.75, 3.05) is 0 Å². The van der Waals surface area contributed by atoms with Gasteiger partial charge in [-0.15, -0.1) is 0 Å². The molecule has 1 aromatic rings. The van der Waals surface area contributed by atoms with Crippen LogP contribution in [-0.2, 0) is 11.0 Å². The molecule has 0 radical (unpaired) electrons. The minimum absolute atomic E-state index is 0.999. The van der Waals surface area contributed by atoms with Crippen LogP contribution in [0, 0.1) is 0 Å². The smallest absolute Gasteiger partial charge is 0.118 e. The highest BCUT2D eigenvalue weighted by Gasteiger charge is 1.95. The van der Waals surface area contributed by atoms with Crippen molar-refractivity contribution >= 4 is 22.6 Å². The second-order valence-corrected chi connectivity index (χ2v) is 2.53. The predicted octanol–water partition coefficient (Wildman–Crippen LogP) is 1.84.